The first-order valence-electron chi connectivity index (χ1n) is 6.15. The highest BCUT2D eigenvalue weighted by Crippen LogP contribution is 2.22. The summed E-state index contributed by atoms with van der Waals surface area (Å²) in [6, 6.07) is 5.77. The van der Waals surface area contributed by atoms with Crippen molar-refractivity contribution < 1.29 is 4.39 Å². The maximum absolute atomic E-state index is 13.5. The SMILES string of the molecule is CCNC(CSC(C)C)c1ccc(C)c(F)c1. The summed E-state index contributed by atoms with van der Waals surface area (Å²) in [5.41, 5.74) is 1.75. The van der Waals surface area contributed by atoms with Crippen molar-refractivity contribution in [3.8, 4) is 0 Å². The van der Waals surface area contributed by atoms with Gasteiger partial charge in [-0.05, 0) is 35.9 Å². The summed E-state index contributed by atoms with van der Waals surface area (Å²) >= 11 is 1.90. The fourth-order valence-corrected chi connectivity index (χ4v) is 2.52. The molecular weight excluding hydrogens is 233 g/mol. The summed E-state index contributed by atoms with van der Waals surface area (Å²) in [5.74, 6) is 0.869. The largest absolute Gasteiger partial charge is 0.310 e. The Labute approximate surface area is 108 Å². The van der Waals surface area contributed by atoms with Crippen LogP contribution < -0.4 is 5.32 Å². The van der Waals surface area contributed by atoms with E-state index in [1.54, 1.807) is 13.0 Å². The van der Waals surface area contributed by atoms with Crippen LogP contribution in [0.1, 0.15) is 37.9 Å². The number of halogens is 1. The highest BCUT2D eigenvalue weighted by atomic mass is 32.2. The number of aryl methyl sites for hydroxylation is 1. The van der Waals surface area contributed by atoms with Crippen molar-refractivity contribution in [3.05, 3.63) is 35.1 Å². The van der Waals surface area contributed by atoms with Gasteiger partial charge in [0, 0.05) is 11.8 Å². The summed E-state index contributed by atoms with van der Waals surface area (Å²) < 4.78 is 13.5. The Hall–Kier alpha value is -0.540. The monoisotopic (exact) mass is 255 g/mol. The number of hydrogen-bond acceptors (Lipinski definition) is 2. The van der Waals surface area contributed by atoms with Gasteiger partial charge in [0.2, 0.25) is 0 Å². The second-order valence-electron chi connectivity index (χ2n) is 4.50. The minimum Gasteiger partial charge on any atom is -0.310 e. The lowest BCUT2D eigenvalue weighted by Crippen LogP contribution is -2.23. The van der Waals surface area contributed by atoms with E-state index in [1.807, 2.05) is 23.9 Å². The molecular formula is C14H22FNS. The Kier molecular flexibility index (Phi) is 6.00. The molecule has 1 rings (SSSR count). The van der Waals surface area contributed by atoms with E-state index in [4.69, 9.17) is 0 Å². The fourth-order valence-electron chi connectivity index (χ4n) is 1.63. The quantitative estimate of drug-likeness (QED) is 0.826. The molecule has 0 spiro atoms. The minimum absolute atomic E-state index is 0.111. The Morgan fingerprint density at radius 3 is 2.59 bits per heavy atom. The Morgan fingerprint density at radius 2 is 2.06 bits per heavy atom. The lowest BCUT2D eigenvalue weighted by molar-refractivity contribution is 0.584. The first-order chi connectivity index (χ1) is 8.04. The van der Waals surface area contributed by atoms with E-state index in [0.29, 0.717) is 10.8 Å². The van der Waals surface area contributed by atoms with Crippen LogP contribution in [0.5, 0.6) is 0 Å². The normalized spacial score (nSPS) is 13.1. The third-order valence-electron chi connectivity index (χ3n) is 2.65. The average Bonchev–Trinajstić information content (AvgIpc) is 2.28. The molecule has 0 aliphatic rings. The molecule has 0 amide bonds. The first kappa shape index (κ1) is 14.5. The molecule has 1 aromatic carbocycles. The van der Waals surface area contributed by atoms with E-state index < -0.39 is 0 Å². The smallest absolute Gasteiger partial charge is 0.126 e. The van der Waals surface area contributed by atoms with Crippen LogP contribution >= 0.6 is 11.8 Å². The number of hydrogen-bond donors (Lipinski definition) is 1. The van der Waals surface area contributed by atoms with Crippen molar-refractivity contribution >= 4 is 11.8 Å². The predicted molar refractivity (Wildman–Crippen MR) is 75.1 cm³/mol. The number of nitrogens with one attached hydrogen (secondary N) is 1. The van der Waals surface area contributed by atoms with Gasteiger partial charge in [-0.2, -0.15) is 11.8 Å². The van der Waals surface area contributed by atoms with E-state index in [-0.39, 0.29) is 11.9 Å². The van der Waals surface area contributed by atoms with Gasteiger partial charge in [0.1, 0.15) is 5.82 Å². The fraction of sp³-hybridized carbons (Fsp3) is 0.571. The molecule has 0 fully saturated rings. The van der Waals surface area contributed by atoms with Crippen molar-refractivity contribution in [2.45, 2.75) is 39.0 Å². The van der Waals surface area contributed by atoms with E-state index in [9.17, 15) is 4.39 Å². The van der Waals surface area contributed by atoms with Gasteiger partial charge in [0.05, 0.1) is 0 Å². The van der Waals surface area contributed by atoms with E-state index in [0.717, 1.165) is 17.9 Å². The predicted octanol–water partition coefficient (Wildman–Crippen LogP) is 3.93. The molecule has 0 radical (unpaired) electrons. The van der Waals surface area contributed by atoms with Crippen molar-refractivity contribution in [3.63, 3.8) is 0 Å². The molecule has 17 heavy (non-hydrogen) atoms. The van der Waals surface area contributed by atoms with Crippen LogP contribution in [0.3, 0.4) is 0 Å². The van der Waals surface area contributed by atoms with Crippen molar-refractivity contribution in [2.75, 3.05) is 12.3 Å². The number of rotatable bonds is 6. The topological polar surface area (TPSA) is 12.0 Å². The van der Waals surface area contributed by atoms with Crippen LogP contribution in [0.15, 0.2) is 18.2 Å². The number of thioether (sulfide) groups is 1. The van der Waals surface area contributed by atoms with Gasteiger partial charge >= 0.3 is 0 Å². The van der Waals surface area contributed by atoms with Crippen LogP contribution in [0.4, 0.5) is 4.39 Å². The molecule has 1 N–H and O–H groups in total. The van der Waals surface area contributed by atoms with Gasteiger partial charge in [-0.3, -0.25) is 0 Å². The van der Waals surface area contributed by atoms with Gasteiger partial charge in [-0.1, -0.05) is 32.9 Å². The molecule has 0 saturated heterocycles. The van der Waals surface area contributed by atoms with E-state index in [2.05, 4.69) is 26.1 Å². The Morgan fingerprint density at radius 1 is 1.35 bits per heavy atom. The van der Waals surface area contributed by atoms with Gasteiger partial charge in [0.25, 0.3) is 0 Å². The summed E-state index contributed by atoms with van der Waals surface area (Å²) in [7, 11) is 0. The molecule has 3 heteroatoms. The maximum Gasteiger partial charge on any atom is 0.126 e. The zero-order valence-electron chi connectivity index (χ0n) is 11.1. The minimum atomic E-state index is -0.111. The zero-order chi connectivity index (χ0) is 12.8. The molecule has 1 aromatic rings. The van der Waals surface area contributed by atoms with Crippen LogP contribution in [0, 0.1) is 12.7 Å². The third kappa shape index (κ3) is 4.68. The van der Waals surface area contributed by atoms with E-state index >= 15 is 0 Å². The lowest BCUT2D eigenvalue weighted by atomic mass is 10.1. The van der Waals surface area contributed by atoms with Gasteiger partial charge in [-0.25, -0.2) is 4.39 Å². The van der Waals surface area contributed by atoms with Crippen molar-refractivity contribution in [1.82, 2.24) is 5.32 Å². The maximum atomic E-state index is 13.5. The summed E-state index contributed by atoms with van der Waals surface area (Å²) in [5, 5.41) is 4.02. The highest BCUT2D eigenvalue weighted by molar-refractivity contribution is 7.99. The first-order valence-corrected chi connectivity index (χ1v) is 7.20. The third-order valence-corrected chi connectivity index (χ3v) is 3.84. The molecule has 0 aliphatic carbocycles. The Balaban J connectivity index is 2.77. The molecule has 1 nitrogen and oxygen atoms in total. The molecule has 0 saturated carbocycles. The van der Waals surface area contributed by atoms with Gasteiger partial charge in [-0.15, -0.1) is 0 Å². The van der Waals surface area contributed by atoms with Gasteiger partial charge in [0.15, 0.2) is 0 Å². The van der Waals surface area contributed by atoms with Crippen LogP contribution in [0.2, 0.25) is 0 Å². The average molecular weight is 255 g/mol. The molecule has 1 atom stereocenters. The lowest BCUT2D eigenvalue weighted by Gasteiger charge is -2.19. The van der Waals surface area contributed by atoms with Crippen LogP contribution in [-0.4, -0.2) is 17.5 Å². The highest BCUT2D eigenvalue weighted by Gasteiger charge is 2.12. The van der Waals surface area contributed by atoms with Crippen molar-refractivity contribution in [2.24, 2.45) is 0 Å². The van der Waals surface area contributed by atoms with Gasteiger partial charge < -0.3 is 5.32 Å². The van der Waals surface area contributed by atoms with Crippen molar-refractivity contribution in [1.29, 1.82) is 0 Å². The molecule has 0 bridgehead atoms. The summed E-state index contributed by atoms with van der Waals surface area (Å²) in [6.45, 7) is 9.15. The van der Waals surface area contributed by atoms with Crippen LogP contribution in [0.25, 0.3) is 0 Å². The molecule has 96 valence electrons. The second-order valence-corrected chi connectivity index (χ2v) is 6.11. The summed E-state index contributed by atoms with van der Waals surface area (Å²) in [4.78, 5) is 0. The number of benzene rings is 1. The zero-order valence-corrected chi connectivity index (χ0v) is 11.9. The second kappa shape index (κ2) is 7.02. The Bertz CT molecular complexity index is 352. The molecule has 0 heterocycles. The molecule has 0 aromatic heterocycles. The van der Waals surface area contributed by atoms with Crippen LogP contribution in [-0.2, 0) is 0 Å². The summed E-state index contributed by atoms with van der Waals surface area (Å²) in [6.07, 6.45) is 0. The molecule has 1 unspecified atom stereocenters. The molecule has 0 aliphatic heterocycles. The standard InChI is InChI=1S/C14H22FNS/c1-5-16-14(9-17-10(2)3)12-7-6-11(4)13(15)8-12/h6-8,10,14,16H,5,9H2,1-4H3. The van der Waals surface area contributed by atoms with E-state index in [1.165, 1.54) is 0 Å².